The van der Waals surface area contributed by atoms with Crippen LogP contribution < -0.4 is 9.64 Å². The van der Waals surface area contributed by atoms with E-state index in [0.29, 0.717) is 16.9 Å². The largest absolute Gasteiger partial charge is 0.496 e. The molecule has 2 amide bonds. The number of halogens is 3. The van der Waals surface area contributed by atoms with Crippen LogP contribution >= 0.6 is 0 Å². The van der Waals surface area contributed by atoms with Crippen LogP contribution in [0.25, 0.3) is 5.57 Å². The van der Waals surface area contributed by atoms with E-state index in [1.807, 2.05) is 26.0 Å². The number of aryl methyl sites for hydroxylation is 2. The van der Waals surface area contributed by atoms with Gasteiger partial charge in [0.15, 0.2) is 0 Å². The maximum Gasteiger partial charge on any atom is 0.416 e. The van der Waals surface area contributed by atoms with Crippen molar-refractivity contribution in [1.29, 1.82) is 0 Å². The van der Waals surface area contributed by atoms with Crippen LogP contribution in [0, 0.1) is 12.3 Å². The van der Waals surface area contributed by atoms with Gasteiger partial charge in [0.2, 0.25) is 5.91 Å². The van der Waals surface area contributed by atoms with Gasteiger partial charge in [-0.1, -0.05) is 32.4 Å². The van der Waals surface area contributed by atoms with E-state index >= 15 is 0 Å². The zero-order valence-corrected chi connectivity index (χ0v) is 25.7. The number of ether oxygens (including phenoxy) is 2. The van der Waals surface area contributed by atoms with Gasteiger partial charge in [-0.3, -0.25) is 9.69 Å². The first-order valence-corrected chi connectivity index (χ1v) is 14.4. The van der Waals surface area contributed by atoms with Gasteiger partial charge in [-0.2, -0.15) is 13.2 Å². The van der Waals surface area contributed by atoms with Gasteiger partial charge in [0.1, 0.15) is 11.9 Å². The van der Waals surface area contributed by atoms with Gasteiger partial charge in [-0.05, 0) is 91.5 Å². The molecule has 0 radical (unpaired) electrons. The maximum absolute atomic E-state index is 13.5. The fraction of sp³-hybridized carbons (Fsp3) is 0.515. The van der Waals surface area contributed by atoms with Crippen molar-refractivity contribution < 1.29 is 32.2 Å². The number of benzene rings is 2. The Labute approximate surface area is 246 Å². The molecule has 1 fully saturated rings. The molecule has 0 aromatic heterocycles. The van der Waals surface area contributed by atoms with Crippen molar-refractivity contribution in [1.82, 2.24) is 4.90 Å². The van der Waals surface area contributed by atoms with Crippen LogP contribution in [0.15, 0.2) is 35.9 Å². The van der Waals surface area contributed by atoms with Crippen molar-refractivity contribution in [3.8, 4) is 5.75 Å². The third kappa shape index (κ3) is 6.30. The normalized spacial score (nSPS) is 20.5. The van der Waals surface area contributed by atoms with E-state index in [4.69, 9.17) is 9.47 Å². The number of amides is 2. The number of rotatable bonds is 7. The topological polar surface area (TPSA) is 59.1 Å². The van der Waals surface area contributed by atoms with Crippen molar-refractivity contribution in [2.24, 2.45) is 5.41 Å². The molecule has 228 valence electrons. The summed E-state index contributed by atoms with van der Waals surface area (Å²) in [4.78, 5) is 28.8. The van der Waals surface area contributed by atoms with Crippen molar-refractivity contribution in [2.75, 3.05) is 25.6 Å². The standard InChI is InChI=1S/C33H41F3N2O4/c1-9-22-15-29(41-8)27(16-28(22)37(7)21(4)39)26-10-11-32(5,6)17-24(26)18-38-20(3)30(42-31(38)40)23-12-19(2)13-25(14-23)33(34,35)36/h12-16,20,30H,9-11,17-18H2,1-8H3/t20-,30-/m0/s1. The van der Waals surface area contributed by atoms with Crippen LogP contribution in [-0.2, 0) is 22.1 Å². The number of hydrogen-bond donors (Lipinski definition) is 0. The zero-order chi connectivity index (χ0) is 31.1. The second-order valence-corrected chi connectivity index (χ2v) is 12.3. The maximum atomic E-state index is 13.5. The summed E-state index contributed by atoms with van der Waals surface area (Å²) >= 11 is 0. The lowest BCUT2D eigenvalue weighted by atomic mass is 9.72. The molecule has 2 aliphatic rings. The Kier molecular flexibility index (Phi) is 8.72. The Morgan fingerprint density at radius 1 is 1.19 bits per heavy atom. The molecule has 2 atom stereocenters. The lowest BCUT2D eigenvalue weighted by Gasteiger charge is -2.36. The summed E-state index contributed by atoms with van der Waals surface area (Å²) in [5, 5.41) is 0. The smallest absolute Gasteiger partial charge is 0.416 e. The zero-order valence-electron chi connectivity index (χ0n) is 25.7. The Hall–Kier alpha value is -3.49. The molecule has 1 aliphatic heterocycles. The Balaban J connectivity index is 1.77. The summed E-state index contributed by atoms with van der Waals surface area (Å²) in [6.45, 7) is 11.6. The monoisotopic (exact) mass is 586 g/mol. The van der Waals surface area contributed by atoms with Crippen LogP contribution in [-0.4, -0.2) is 43.6 Å². The highest BCUT2D eigenvalue weighted by Gasteiger charge is 2.42. The molecular formula is C33H41F3N2O4. The molecule has 1 aliphatic carbocycles. The number of hydrogen-bond acceptors (Lipinski definition) is 4. The number of cyclic esters (lactones) is 1. The number of alkyl halides is 3. The first-order chi connectivity index (χ1) is 19.6. The first-order valence-electron chi connectivity index (χ1n) is 14.4. The van der Waals surface area contributed by atoms with Crippen molar-refractivity contribution in [3.05, 3.63) is 63.7 Å². The predicted octanol–water partition coefficient (Wildman–Crippen LogP) is 8.11. The van der Waals surface area contributed by atoms with Crippen LogP contribution in [0.1, 0.15) is 87.8 Å². The third-order valence-electron chi connectivity index (χ3n) is 8.62. The third-order valence-corrected chi connectivity index (χ3v) is 8.62. The quantitative estimate of drug-likeness (QED) is 0.329. The average molecular weight is 587 g/mol. The fourth-order valence-corrected chi connectivity index (χ4v) is 6.18. The Morgan fingerprint density at radius 2 is 1.88 bits per heavy atom. The summed E-state index contributed by atoms with van der Waals surface area (Å²) in [6, 6.07) is 7.32. The van der Waals surface area contributed by atoms with Crippen LogP contribution in [0.4, 0.5) is 23.7 Å². The highest BCUT2D eigenvalue weighted by molar-refractivity contribution is 5.93. The van der Waals surface area contributed by atoms with E-state index < -0.39 is 30.0 Å². The Bertz CT molecular complexity index is 1410. The summed E-state index contributed by atoms with van der Waals surface area (Å²) in [6.07, 6.45) is -2.76. The molecule has 2 aromatic rings. The summed E-state index contributed by atoms with van der Waals surface area (Å²) in [5.74, 6) is 0.624. The van der Waals surface area contributed by atoms with E-state index in [9.17, 15) is 22.8 Å². The van der Waals surface area contributed by atoms with Gasteiger partial charge in [-0.25, -0.2) is 4.79 Å². The molecular weight excluding hydrogens is 545 g/mol. The van der Waals surface area contributed by atoms with Gasteiger partial charge in [-0.15, -0.1) is 0 Å². The molecule has 9 heteroatoms. The molecule has 0 saturated carbocycles. The summed E-state index contributed by atoms with van der Waals surface area (Å²) in [5.41, 5.74) is 4.81. The number of carbonyl (C=O) groups is 2. The lowest BCUT2D eigenvalue weighted by molar-refractivity contribution is -0.137. The van der Waals surface area contributed by atoms with Crippen LogP contribution in [0.5, 0.6) is 5.75 Å². The van der Waals surface area contributed by atoms with Crippen molar-refractivity contribution >= 4 is 23.3 Å². The van der Waals surface area contributed by atoms with E-state index in [-0.39, 0.29) is 17.9 Å². The molecule has 1 heterocycles. The highest BCUT2D eigenvalue weighted by Crippen LogP contribution is 2.47. The van der Waals surface area contributed by atoms with Crippen LogP contribution in [0.2, 0.25) is 0 Å². The lowest BCUT2D eigenvalue weighted by Crippen LogP contribution is -2.35. The number of methoxy groups -OCH3 is 1. The molecule has 1 saturated heterocycles. The minimum absolute atomic E-state index is 0.0150. The molecule has 0 N–H and O–H groups in total. The summed E-state index contributed by atoms with van der Waals surface area (Å²) < 4.78 is 52.2. The minimum atomic E-state index is -4.50. The van der Waals surface area contributed by atoms with E-state index in [2.05, 4.69) is 13.8 Å². The molecule has 42 heavy (non-hydrogen) atoms. The van der Waals surface area contributed by atoms with Gasteiger partial charge in [0.05, 0.1) is 18.7 Å². The van der Waals surface area contributed by atoms with Gasteiger partial charge in [0.25, 0.3) is 0 Å². The van der Waals surface area contributed by atoms with Crippen molar-refractivity contribution in [3.63, 3.8) is 0 Å². The number of nitrogens with zero attached hydrogens (tertiary/aromatic N) is 2. The van der Waals surface area contributed by atoms with Gasteiger partial charge in [0, 0.05) is 31.8 Å². The highest BCUT2D eigenvalue weighted by atomic mass is 19.4. The van der Waals surface area contributed by atoms with Crippen molar-refractivity contribution in [2.45, 2.75) is 85.5 Å². The molecule has 4 rings (SSSR count). The Morgan fingerprint density at radius 3 is 2.48 bits per heavy atom. The minimum Gasteiger partial charge on any atom is -0.496 e. The molecule has 0 unspecified atom stereocenters. The number of allylic oxidation sites excluding steroid dienone is 1. The SMILES string of the molecule is CCc1cc(OC)c(C2=C(CN3C(=O)O[C@H](c4cc(C)cc(C(F)(F)F)c4)[C@@H]3C)CC(C)(C)CC2)cc1N(C)C(C)=O. The fourth-order valence-electron chi connectivity index (χ4n) is 6.18. The van der Waals surface area contributed by atoms with Gasteiger partial charge >= 0.3 is 12.3 Å². The average Bonchev–Trinajstić information content (AvgIpc) is 3.19. The molecule has 2 aromatic carbocycles. The van der Waals surface area contributed by atoms with E-state index in [1.54, 1.807) is 36.9 Å². The van der Waals surface area contributed by atoms with Crippen LogP contribution in [0.3, 0.4) is 0 Å². The number of carbonyl (C=O) groups excluding carboxylic acids is 2. The molecule has 0 spiro atoms. The molecule has 6 nitrogen and oxygen atoms in total. The first kappa shape index (κ1) is 31.4. The second kappa shape index (κ2) is 11.7. The van der Waals surface area contributed by atoms with E-state index in [0.717, 1.165) is 65.8 Å². The predicted molar refractivity (Wildman–Crippen MR) is 158 cm³/mol. The number of anilines is 1. The summed E-state index contributed by atoms with van der Waals surface area (Å²) in [7, 11) is 3.38. The molecule has 0 bridgehead atoms. The van der Waals surface area contributed by atoms with Gasteiger partial charge < -0.3 is 14.4 Å². The second-order valence-electron chi connectivity index (χ2n) is 12.3. The van der Waals surface area contributed by atoms with E-state index in [1.165, 1.54) is 6.92 Å².